The van der Waals surface area contributed by atoms with Crippen LogP contribution in [0.3, 0.4) is 0 Å². The molecule has 0 aromatic heterocycles. The molecule has 0 aromatic carbocycles. The van der Waals surface area contributed by atoms with Crippen LogP contribution in [0.25, 0.3) is 0 Å². The summed E-state index contributed by atoms with van der Waals surface area (Å²) in [7, 11) is 1.25. The molecule has 0 spiro atoms. The zero-order valence-electron chi connectivity index (χ0n) is 5.23. The van der Waals surface area contributed by atoms with Crippen molar-refractivity contribution in [2.75, 3.05) is 0 Å². The Bertz CT molecular complexity index is 48.8. The van der Waals surface area contributed by atoms with Gasteiger partial charge in [0.1, 0.15) is 1.37 Å². The molecule has 0 nitrogen and oxygen atoms in total. The summed E-state index contributed by atoms with van der Waals surface area (Å²) in [4.78, 5) is 0. The summed E-state index contributed by atoms with van der Waals surface area (Å²) < 4.78 is 11.5. The van der Waals surface area contributed by atoms with Gasteiger partial charge >= 0.3 is 0 Å². The summed E-state index contributed by atoms with van der Waals surface area (Å²) in [6.07, 6.45) is 13.8. The smallest absolute Gasteiger partial charge is 0.124 e. The molecule has 0 saturated heterocycles. The molecule has 0 rings (SSSR count). The summed E-state index contributed by atoms with van der Waals surface area (Å²) >= 11 is 0. The Balaban J connectivity index is -0.0000000360. The van der Waals surface area contributed by atoms with E-state index in [-0.39, 0.29) is 0 Å². The van der Waals surface area contributed by atoms with E-state index in [1.165, 1.54) is 13.8 Å². The molecule has 0 heteroatoms. The molecule has 5 heavy (non-hydrogen) atoms. The lowest BCUT2D eigenvalue weighted by Crippen LogP contribution is -0.576. The van der Waals surface area contributed by atoms with E-state index in [1.807, 2.05) is 0 Å². The van der Waals surface area contributed by atoms with Gasteiger partial charge in [-0.2, -0.15) is 0 Å². The summed E-state index contributed by atoms with van der Waals surface area (Å²) in [6.45, 7) is 0. The third-order valence-electron chi connectivity index (χ3n) is 0. The molecule has 28 valence electrons. The third kappa shape index (κ3) is 5.05. The summed E-state index contributed by atoms with van der Waals surface area (Å²) in [5.74, 6) is 0. The molecule has 0 aromatic rings. The average molecular weight is 72.1 g/mol. The van der Waals surface area contributed by atoms with Gasteiger partial charge in [0.25, 0.3) is 0 Å². The highest BCUT2D eigenvalue weighted by molar-refractivity contribution is 4.47. The molecule has 0 saturated carbocycles. The van der Waals surface area contributed by atoms with Gasteiger partial charge in [-0.1, -0.05) is 7.40 Å². The van der Waals surface area contributed by atoms with Crippen LogP contribution in [0.5, 0.6) is 0 Å². The molecule has 0 radical (unpaired) electrons. The number of hydrogen-bond acceptors (Lipinski definition) is 0. The maximum atomic E-state index is 5.75. The largest absolute Gasteiger partial charge is 0.124 e. The first-order valence-corrected chi connectivity index (χ1v) is 0.622. The van der Waals surface area contributed by atoms with Gasteiger partial charge in [0.15, 0.2) is 0 Å². The quantitative estimate of drug-likeness (QED) is 0.376. The first kappa shape index (κ1) is 4.12. The van der Waals surface area contributed by atoms with Crippen LogP contribution < -0.4 is 0 Å². The second-order valence-corrected chi connectivity index (χ2v) is 0. The molecule has 0 unspecified atom stereocenters. The van der Waals surface area contributed by atoms with Crippen LogP contribution in [-0.4, -0.2) is 0 Å². The Kier molecular flexibility index (Phi) is 14.9. The minimum atomic E-state index is 1.25. The zero-order valence-corrected chi connectivity index (χ0v) is 3.23. The summed E-state index contributed by atoms with van der Waals surface area (Å²) in [5, 5.41) is 0. The fraction of sp³-hybridized carbons (Fsp3) is 0.200. The van der Waals surface area contributed by atoms with E-state index >= 15 is 0 Å². The highest BCUT2D eigenvalue weighted by atomic mass is 12.6. The van der Waals surface area contributed by atoms with Crippen LogP contribution in [0.1, 0.15) is 10.1 Å². The minimum Gasteiger partial charge on any atom is -0.124 e. The predicted octanol–water partition coefficient (Wildman–Crippen LogP) is 1.13. The van der Waals surface area contributed by atoms with E-state index < -0.39 is 0 Å². The van der Waals surface area contributed by atoms with Crippen molar-refractivity contribution < 1.29 is 2.74 Å². The lowest BCUT2D eigenvalue weighted by atomic mass is 11.4. The van der Waals surface area contributed by atoms with Crippen LogP contribution in [0.15, 0.2) is 0 Å². The lowest BCUT2D eigenvalue weighted by Gasteiger charge is -0.701. The highest BCUT2D eigenvalue weighted by Gasteiger charge is 0.456. The van der Waals surface area contributed by atoms with E-state index in [9.17, 15) is 0 Å². The molecule has 0 heterocycles. The Morgan fingerprint density at radius 1 is 1.40 bits per heavy atom. The van der Waals surface area contributed by atoms with Crippen molar-refractivity contribution in [3.63, 3.8) is 0 Å². The molecule has 0 fully saturated rings. The van der Waals surface area contributed by atoms with Crippen LogP contribution in [0.4, 0.5) is 0 Å². The third-order valence-corrected chi connectivity index (χ3v) is 0. The minimum absolute atomic E-state index is 1.25. The molecule has 0 N–H and O–H groups in total. The Morgan fingerprint density at radius 2 is 1.40 bits per heavy atom. The van der Waals surface area contributed by atoms with Crippen LogP contribution >= 0.6 is 0 Å². The van der Waals surface area contributed by atoms with E-state index in [2.05, 4.69) is 19.3 Å². The Hall–Kier alpha value is -0.880. The first-order chi connectivity index (χ1) is 3.41. The van der Waals surface area contributed by atoms with Crippen molar-refractivity contribution in [2.45, 2.75) is 7.40 Å². The van der Waals surface area contributed by atoms with Crippen LogP contribution in [0.2, 0.25) is 0 Å². The van der Waals surface area contributed by atoms with Crippen LogP contribution in [-0.2, 0) is 0 Å². The molecule has 0 aliphatic heterocycles. The monoisotopic (exact) mass is 72.1 g/mol. The highest BCUT2D eigenvalue weighted by Crippen LogP contribution is 0.581. The zero-order chi connectivity index (χ0) is 6.71. The van der Waals surface area contributed by atoms with Crippen molar-refractivity contribution in [3.05, 3.63) is 0 Å². The average Bonchev–Trinajstić information content (AvgIpc) is 1.78. The van der Waals surface area contributed by atoms with Crippen molar-refractivity contribution in [1.82, 2.24) is 0 Å². The van der Waals surface area contributed by atoms with Crippen molar-refractivity contribution in [1.29, 1.82) is 0 Å². The SMILES string of the molecule is C#C.[3H]C.[3H]C#C. The molecule has 0 bridgehead atoms. The molecule has 0 aliphatic rings. The summed E-state index contributed by atoms with van der Waals surface area (Å²) in [5.41, 5.74) is 0. The fourth-order valence-corrected chi connectivity index (χ4v) is 0. The van der Waals surface area contributed by atoms with Gasteiger partial charge in [-0.3, -0.25) is 0 Å². The predicted molar refractivity (Wildman–Crippen MR) is 26.5 cm³/mol. The van der Waals surface area contributed by atoms with E-state index in [0.717, 1.165) is 0 Å². The Labute approximate surface area is 37.0 Å². The topological polar surface area (TPSA) is 0 Å². The van der Waals surface area contributed by atoms with E-state index in [0.29, 0.717) is 0 Å². The number of hydrogen-bond donors (Lipinski definition) is 0. The van der Waals surface area contributed by atoms with E-state index in [4.69, 9.17) is 2.74 Å². The van der Waals surface area contributed by atoms with Gasteiger partial charge in [-0.15, -0.1) is 25.7 Å². The first-order valence-electron chi connectivity index (χ1n) is 2.12. The standard InChI is InChI=1S/2C2H2.CH4/c2*1-2;/h2*1-2H;1H4/i1T;;1T. The fourth-order valence-electron chi connectivity index (χ4n) is 0. The van der Waals surface area contributed by atoms with Gasteiger partial charge in [-0.25, -0.2) is 0 Å². The Morgan fingerprint density at radius 3 is 1.40 bits per heavy atom. The normalized spacial score (nSPS) is 3.60. The molecular weight excluding hydrogens is 60.1 g/mol. The lowest BCUT2D eigenvalue weighted by molar-refractivity contribution is 2.50. The van der Waals surface area contributed by atoms with Gasteiger partial charge in [0.2, 0.25) is 0 Å². The summed E-state index contributed by atoms with van der Waals surface area (Å²) in [6, 6.07) is 0. The van der Waals surface area contributed by atoms with Crippen molar-refractivity contribution in [3.8, 4) is 25.7 Å². The second kappa shape index (κ2) is 18.1. The maximum Gasteiger partial charge on any atom is 0.124 e. The van der Waals surface area contributed by atoms with Gasteiger partial charge in [0.05, 0.1) is 0 Å². The molecule has 0 amide bonds. The number of rotatable bonds is 0. The molecule has 0 aliphatic carbocycles. The van der Waals surface area contributed by atoms with Crippen molar-refractivity contribution in [2.24, 2.45) is 0 Å². The van der Waals surface area contributed by atoms with Gasteiger partial charge < -0.3 is 0 Å². The molecular formula is C5H8. The van der Waals surface area contributed by atoms with E-state index in [1.54, 1.807) is 0 Å². The second-order valence-electron chi connectivity index (χ2n) is 0. The van der Waals surface area contributed by atoms with Gasteiger partial charge in [-0.05, 0) is 0 Å². The molecule has 0 atom stereocenters. The van der Waals surface area contributed by atoms with Crippen molar-refractivity contribution >= 4 is 0 Å². The van der Waals surface area contributed by atoms with Gasteiger partial charge in [0, 0.05) is 1.37 Å². The number of terminal acetylenes is 2. The van der Waals surface area contributed by atoms with Crippen LogP contribution in [0, 0.1) is 25.7 Å². The maximum absolute atomic E-state index is 5.75.